The number of urea groups is 1. The summed E-state index contributed by atoms with van der Waals surface area (Å²) in [6.45, 7) is 6.55. The van der Waals surface area contributed by atoms with E-state index in [1.165, 1.54) is 0 Å². The second-order valence-electron chi connectivity index (χ2n) is 6.45. The first-order chi connectivity index (χ1) is 11.4. The molecule has 0 bridgehead atoms. The van der Waals surface area contributed by atoms with Crippen LogP contribution in [0.4, 0.5) is 10.7 Å². The highest BCUT2D eigenvalue weighted by Gasteiger charge is 2.32. The highest BCUT2D eigenvalue weighted by Crippen LogP contribution is 2.32. The minimum atomic E-state index is -0.535. The molecule has 7 heteroatoms. The lowest BCUT2D eigenvalue weighted by Crippen LogP contribution is -2.44. The van der Waals surface area contributed by atoms with Gasteiger partial charge in [-0.1, -0.05) is 5.16 Å². The summed E-state index contributed by atoms with van der Waals surface area (Å²) in [6, 6.07) is 7.03. The Bertz CT molecular complexity index is 754. The molecule has 128 valence electrons. The maximum Gasteiger partial charge on any atom is 0.324 e. The molecule has 0 radical (unpaired) electrons. The highest BCUT2D eigenvalue weighted by molar-refractivity contribution is 5.88. The first-order valence-electron chi connectivity index (χ1n) is 7.71. The quantitative estimate of drug-likeness (QED) is 0.914. The fraction of sp³-hybridized carbons (Fsp3) is 0.412. The number of fused-ring (bicyclic) bond motifs is 1. The molecule has 1 aromatic heterocycles. The summed E-state index contributed by atoms with van der Waals surface area (Å²) in [5.74, 6) is 1.78. The van der Waals surface area contributed by atoms with Crippen molar-refractivity contribution in [3.8, 4) is 11.5 Å². The van der Waals surface area contributed by atoms with Gasteiger partial charge in [0.25, 0.3) is 0 Å². The van der Waals surface area contributed by atoms with Gasteiger partial charge in [0.2, 0.25) is 5.88 Å². The topological polar surface area (TPSA) is 76.8 Å². The van der Waals surface area contributed by atoms with Crippen molar-refractivity contribution in [1.29, 1.82) is 0 Å². The van der Waals surface area contributed by atoms with Gasteiger partial charge in [0.1, 0.15) is 17.1 Å². The standard InChI is InChI=1S/C17H21N3O4/c1-11-7-15(24-19-11)18-16(21)20-9-12-5-6-13(22-4)8-14(12)23-17(2,3)10-20/h5-8H,9-10H2,1-4H3,(H,18,21). The van der Waals surface area contributed by atoms with E-state index >= 15 is 0 Å². The smallest absolute Gasteiger partial charge is 0.324 e. The lowest BCUT2D eigenvalue weighted by molar-refractivity contribution is 0.0831. The number of aromatic nitrogens is 1. The van der Waals surface area contributed by atoms with Crippen LogP contribution in [0.3, 0.4) is 0 Å². The molecule has 1 aliphatic heterocycles. The van der Waals surface area contributed by atoms with Gasteiger partial charge in [-0.05, 0) is 32.9 Å². The van der Waals surface area contributed by atoms with Gasteiger partial charge in [-0.3, -0.25) is 5.32 Å². The number of rotatable bonds is 2. The van der Waals surface area contributed by atoms with Crippen molar-refractivity contribution in [2.24, 2.45) is 0 Å². The fourth-order valence-corrected chi connectivity index (χ4v) is 2.69. The van der Waals surface area contributed by atoms with E-state index in [1.54, 1.807) is 25.0 Å². The van der Waals surface area contributed by atoms with Crippen molar-refractivity contribution in [1.82, 2.24) is 10.1 Å². The fourth-order valence-electron chi connectivity index (χ4n) is 2.69. The Morgan fingerprint density at radius 3 is 2.83 bits per heavy atom. The van der Waals surface area contributed by atoms with Crippen molar-refractivity contribution in [2.45, 2.75) is 32.9 Å². The molecule has 2 amide bonds. The predicted molar refractivity (Wildman–Crippen MR) is 88.4 cm³/mol. The zero-order valence-electron chi connectivity index (χ0n) is 14.3. The van der Waals surface area contributed by atoms with E-state index in [0.29, 0.717) is 24.7 Å². The average Bonchev–Trinajstić information content (AvgIpc) is 2.85. The van der Waals surface area contributed by atoms with Gasteiger partial charge in [0, 0.05) is 17.7 Å². The van der Waals surface area contributed by atoms with E-state index in [-0.39, 0.29) is 6.03 Å². The third-order valence-electron chi connectivity index (χ3n) is 3.74. The zero-order chi connectivity index (χ0) is 17.3. The van der Waals surface area contributed by atoms with Crippen LogP contribution in [0.5, 0.6) is 11.5 Å². The summed E-state index contributed by atoms with van der Waals surface area (Å²) in [4.78, 5) is 14.3. The Morgan fingerprint density at radius 1 is 1.38 bits per heavy atom. The van der Waals surface area contributed by atoms with Crippen LogP contribution in [0, 0.1) is 6.92 Å². The molecule has 1 aromatic carbocycles. The third-order valence-corrected chi connectivity index (χ3v) is 3.74. The van der Waals surface area contributed by atoms with Gasteiger partial charge in [-0.2, -0.15) is 0 Å². The molecule has 0 saturated heterocycles. The summed E-state index contributed by atoms with van der Waals surface area (Å²) in [5, 5.41) is 6.50. The predicted octanol–water partition coefficient (Wildman–Crippen LogP) is 3.20. The monoisotopic (exact) mass is 331 g/mol. The summed E-state index contributed by atoms with van der Waals surface area (Å²) >= 11 is 0. The van der Waals surface area contributed by atoms with Crippen molar-refractivity contribution >= 4 is 11.9 Å². The second kappa shape index (κ2) is 6.07. The van der Waals surface area contributed by atoms with Crippen molar-refractivity contribution in [2.75, 3.05) is 19.0 Å². The number of ether oxygens (including phenoxy) is 2. The number of amides is 2. The van der Waals surface area contributed by atoms with Crippen molar-refractivity contribution in [3.05, 3.63) is 35.5 Å². The van der Waals surface area contributed by atoms with Gasteiger partial charge in [-0.15, -0.1) is 0 Å². The molecule has 24 heavy (non-hydrogen) atoms. The Hall–Kier alpha value is -2.70. The van der Waals surface area contributed by atoms with E-state index < -0.39 is 5.60 Å². The Labute approximate surface area is 140 Å². The van der Waals surface area contributed by atoms with E-state index in [4.69, 9.17) is 14.0 Å². The number of carbonyl (C=O) groups excluding carboxylic acids is 1. The molecule has 1 aliphatic rings. The van der Waals surface area contributed by atoms with Gasteiger partial charge in [-0.25, -0.2) is 4.79 Å². The molecule has 0 saturated carbocycles. The number of carbonyl (C=O) groups is 1. The molecule has 1 N–H and O–H groups in total. The summed E-state index contributed by atoms with van der Waals surface area (Å²) in [7, 11) is 1.61. The van der Waals surface area contributed by atoms with Gasteiger partial charge >= 0.3 is 6.03 Å². The van der Waals surface area contributed by atoms with Crippen LogP contribution in [0.25, 0.3) is 0 Å². The Balaban J connectivity index is 1.84. The average molecular weight is 331 g/mol. The lowest BCUT2D eigenvalue weighted by atomic mass is 10.1. The van der Waals surface area contributed by atoms with Crippen LogP contribution in [0.1, 0.15) is 25.1 Å². The molecule has 3 rings (SSSR count). The van der Waals surface area contributed by atoms with Crippen LogP contribution in [0.15, 0.2) is 28.8 Å². The molecule has 0 spiro atoms. The second-order valence-corrected chi connectivity index (χ2v) is 6.45. The molecular formula is C17H21N3O4. The van der Waals surface area contributed by atoms with Crippen LogP contribution in [0.2, 0.25) is 0 Å². The molecule has 2 heterocycles. The molecule has 7 nitrogen and oxygen atoms in total. The maximum atomic E-state index is 12.6. The van der Waals surface area contributed by atoms with Crippen molar-refractivity contribution < 1.29 is 18.8 Å². The van der Waals surface area contributed by atoms with E-state index in [9.17, 15) is 4.79 Å². The van der Waals surface area contributed by atoms with Crippen molar-refractivity contribution in [3.63, 3.8) is 0 Å². The van der Waals surface area contributed by atoms with Crippen LogP contribution in [-0.2, 0) is 6.54 Å². The Kier molecular flexibility index (Phi) is 4.09. The molecule has 0 aliphatic carbocycles. The summed E-state index contributed by atoms with van der Waals surface area (Å²) < 4.78 is 16.4. The number of anilines is 1. The van der Waals surface area contributed by atoms with Gasteiger partial charge in [0.05, 0.1) is 25.9 Å². The molecule has 0 unspecified atom stereocenters. The zero-order valence-corrected chi connectivity index (χ0v) is 14.3. The van der Waals surface area contributed by atoms with Crippen LogP contribution in [-0.4, -0.2) is 35.3 Å². The lowest BCUT2D eigenvalue weighted by Gasteiger charge is -2.29. The number of nitrogens with zero attached hydrogens (tertiary/aromatic N) is 2. The van der Waals surface area contributed by atoms with E-state index in [2.05, 4.69) is 10.5 Å². The molecule has 0 atom stereocenters. The normalized spacial score (nSPS) is 15.9. The first kappa shape index (κ1) is 16.2. The first-order valence-corrected chi connectivity index (χ1v) is 7.71. The number of methoxy groups -OCH3 is 1. The molecule has 2 aromatic rings. The third kappa shape index (κ3) is 3.45. The number of nitrogens with one attached hydrogen (secondary N) is 1. The SMILES string of the molecule is COc1ccc2c(c1)OC(C)(C)CN(C(=O)Nc1cc(C)no1)C2. The maximum absolute atomic E-state index is 12.6. The van der Waals surface area contributed by atoms with Crippen LogP contribution < -0.4 is 14.8 Å². The number of hydrogen-bond donors (Lipinski definition) is 1. The highest BCUT2D eigenvalue weighted by atomic mass is 16.5. The van der Waals surface area contributed by atoms with Gasteiger partial charge in [0.15, 0.2) is 0 Å². The van der Waals surface area contributed by atoms with Crippen LogP contribution >= 0.6 is 0 Å². The summed E-state index contributed by atoms with van der Waals surface area (Å²) in [6.07, 6.45) is 0. The van der Waals surface area contributed by atoms with Gasteiger partial charge < -0.3 is 18.9 Å². The molecular weight excluding hydrogens is 310 g/mol. The number of hydrogen-bond acceptors (Lipinski definition) is 5. The van der Waals surface area contributed by atoms with E-state index in [0.717, 1.165) is 17.1 Å². The largest absolute Gasteiger partial charge is 0.497 e. The Morgan fingerprint density at radius 2 is 2.17 bits per heavy atom. The number of benzene rings is 1. The minimum Gasteiger partial charge on any atom is -0.497 e. The van der Waals surface area contributed by atoms with E-state index in [1.807, 2.05) is 32.0 Å². The number of aryl methyl sites for hydroxylation is 1. The summed E-state index contributed by atoms with van der Waals surface area (Å²) in [5.41, 5.74) is 1.10. The minimum absolute atomic E-state index is 0.258. The molecule has 0 fully saturated rings.